The largest absolute Gasteiger partial charge is 0.497 e. The van der Waals surface area contributed by atoms with Gasteiger partial charge >= 0.3 is 0 Å². The first-order valence-electron chi connectivity index (χ1n) is 8.76. The van der Waals surface area contributed by atoms with Crippen molar-refractivity contribution < 1.29 is 14.3 Å². The van der Waals surface area contributed by atoms with E-state index < -0.39 is 0 Å². The zero-order valence-corrected chi connectivity index (χ0v) is 16.7. The minimum atomic E-state index is -0.386. The smallest absolute Gasteiger partial charge is 0.250 e. The maximum Gasteiger partial charge on any atom is 0.250 e. The quantitative estimate of drug-likeness (QED) is 0.754. The Morgan fingerprint density at radius 3 is 2.81 bits per heavy atom. The monoisotopic (exact) mass is 405 g/mol. The second-order valence-electron chi connectivity index (χ2n) is 6.34. The Labute approximate surface area is 167 Å². The number of methoxy groups -OCH3 is 1. The number of amides is 1. The van der Waals surface area contributed by atoms with Crippen molar-refractivity contribution in [1.82, 2.24) is 15.5 Å². The summed E-state index contributed by atoms with van der Waals surface area (Å²) in [5.74, 6) is 0.817. The van der Waals surface area contributed by atoms with Crippen molar-refractivity contribution in [3.05, 3.63) is 29.8 Å². The Hall–Kier alpha value is -1.05. The molecule has 0 spiro atoms. The van der Waals surface area contributed by atoms with Crippen LogP contribution in [-0.2, 0) is 9.53 Å². The van der Waals surface area contributed by atoms with Gasteiger partial charge in [-0.2, -0.15) is 0 Å². The predicted octanol–water partition coefficient (Wildman–Crippen LogP) is 1.78. The van der Waals surface area contributed by atoms with Crippen LogP contribution < -0.4 is 15.4 Å². The van der Waals surface area contributed by atoms with E-state index >= 15 is 0 Å². The number of likely N-dealkylation sites (tertiary alicyclic amines) is 1. The maximum absolute atomic E-state index is 12.4. The van der Waals surface area contributed by atoms with Crippen LogP contribution in [0.4, 0.5) is 0 Å². The van der Waals surface area contributed by atoms with Crippen LogP contribution in [0, 0.1) is 0 Å². The van der Waals surface area contributed by atoms with Crippen LogP contribution in [0.25, 0.3) is 0 Å². The second kappa shape index (κ2) is 11.6. The fraction of sp³-hybridized carbons (Fsp3) is 0.611. The van der Waals surface area contributed by atoms with Gasteiger partial charge in [0, 0.05) is 19.6 Å². The number of rotatable bonds is 6. The number of benzene rings is 1. The van der Waals surface area contributed by atoms with Gasteiger partial charge in [0.1, 0.15) is 11.9 Å². The molecular formula is C18H29Cl2N3O3. The molecule has 0 aliphatic carbocycles. The lowest BCUT2D eigenvalue weighted by Crippen LogP contribution is -2.49. The Balaban J connectivity index is 0.00000169. The number of nitrogens with one attached hydrogen (secondary N) is 2. The SMILES string of the molecule is COc1cccc(C(CNC(=O)C2CNCCO2)N2CCCC2)c1.Cl.Cl. The summed E-state index contributed by atoms with van der Waals surface area (Å²) in [6, 6.07) is 8.30. The van der Waals surface area contributed by atoms with E-state index in [2.05, 4.69) is 27.7 Å². The third-order valence-corrected chi connectivity index (χ3v) is 4.75. The lowest BCUT2D eigenvalue weighted by atomic mass is 10.0. The molecular weight excluding hydrogens is 377 g/mol. The molecule has 0 aromatic heterocycles. The summed E-state index contributed by atoms with van der Waals surface area (Å²) in [5, 5.41) is 6.27. The van der Waals surface area contributed by atoms with E-state index in [1.165, 1.54) is 18.4 Å². The predicted molar refractivity (Wildman–Crippen MR) is 107 cm³/mol. The van der Waals surface area contributed by atoms with Gasteiger partial charge in [0.25, 0.3) is 5.91 Å². The van der Waals surface area contributed by atoms with Crippen molar-refractivity contribution in [1.29, 1.82) is 0 Å². The van der Waals surface area contributed by atoms with Gasteiger partial charge in [-0.05, 0) is 43.6 Å². The average Bonchev–Trinajstić information content (AvgIpc) is 3.17. The molecule has 2 heterocycles. The molecule has 26 heavy (non-hydrogen) atoms. The Morgan fingerprint density at radius 2 is 2.15 bits per heavy atom. The lowest BCUT2D eigenvalue weighted by molar-refractivity contribution is -0.134. The molecule has 3 rings (SSSR count). The molecule has 2 saturated heterocycles. The lowest BCUT2D eigenvalue weighted by Gasteiger charge is -2.30. The number of morpholine rings is 1. The Morgan fingerprint density at radius 1 is 1.38 bits per heavy atom. The van der Waals surface area contributed by atoms with Gasteiger partial charge in [-0.25, -0.2) is 0 Å². The van der Waals surface area contributed by atoms with Crippen LogP contribution in [0.15, 0.2) is 24.3 Å². The zero-order valence-electron chi connectivity index (χ0n) is 15.1. The van der Waals surface area contributed by atoms with Gasteiger partial charge in [-0.15, -0.1) is 24.8 Å². The third-order valence-electron chi connectivity index (χ3n) is 4.75. The Bertz CT molecular complexity index is 550. The molecule has 6 nitrogen and oxygen atoms in total. The van der Waals surface area contributed by atoms with Crippen LogP contribution >= 0.6 is 24.8 Å². The van der Waals surface area contributed by atoms with Crippen LogP contribution in [0.1, 0.15) is 24.4 Å². The fourth-order valence-corrected chi connectivity index (χ4v) is 3.40. The summed E-state index contributed by atoms with van der Waals surface area (Å²) >= 11 is 0. The topological polar surface area (TPSA) is 62.8 Å². The molecule has 8 heteroatoms. The van der Waals surface area contributed by atoms with Crippen molar-refractivity contribution in [3.8, 4) is 5.75 Å². The van der Waals surface area contributed by atoms with Crippen LogP contribution in [0.3, 0.4) is 0 Å². The van der Waals surface area contributed by atoms with Crippen molar-refractivity contribution in [2.45, 2.75) is 25.0 Å². The second-order valence-corrected chi connectivity index (χ2v) is 6.34. The van der Waals surface area contributed by atoms with Gasteiger partial charge < -0.3 is 20.1 Å². The molecule has 1 aromatic carbocycles. The van der Waals surface area contributed by atoms with Crippen LogP contribution in [0.5, 0.6) is 5.75 Å². The van der Waals surface area contributed by atoms with E-state index in [0.717, 1.165) is 25.4 Å². The summed E-state index contributed by atoms with van der Waals surface area (Å²) in [5.41, 5.74) is 1.18. The number of nitrogens with zero attached hydrogens (tertiary/aromatic N) is 1. The van der Waals surface area contributed by atoms with Crippen LogP contribution in [-0.4, -0.2) is 63.4 Å². The minimum absolute atomic E-state index is 0. The molecule has 148 valence electrons. The summed E-state index contributed by atoms with van der Waals surface area (Å²) in [7, 11) is 1.68. The molecule has 2 atom stereocenters. The molecule has 0 saturated carbocycles. The standard InChI is InChI=1S/C18H27N3O3.2ClH/c1-23-15-6-4-5-14(11-15)16(21-8-2-3-9-21)12-20-18(22)17-13-19-7-10-24-17;;/h4-6,11,16-17,19H,2-3,7-10,12-13H2,1H3,(H,20,22);2*1H. The molecule has 2 aliphatic heterocycles. The fourth-order valence-electron chi connectivity index (χ4n) is 3.40. The number of carbonyl (C=O) groups is 1. The van der Waals surface area contributed by atoms with Crippen LogP contribution in [0.2, 0.25) is 0 Å². The molecule has 0 bridgehead atoms. The highest BCUT2D eigenvalue weighted by atomic mass is 35.5. The normalized spacial score (nSPS) is 21.2. The van der Waals surface area contributed by atoms with Gasteiger partial charge in [0.15, 0.2) is 0 Å². The van der Waals surface area contributed by atoms with Crippen molar-refractivity contribution in [2.75, 3.05) is 46.4 Å². The minimum Gasteiger partial charge on any atom is -0.497 e. The number of halogens is 2. The van der Waals surface area contributed by atoms with E-state index in [-0.39, 0.29) is 42.9 Å². The maximum atomic E-state index is 12.4. The number of carbonyl (C=O) groups excluding carboxylic acids is 1. The average molecular weight is 406 g/mol. The highest BCUT2D eigenvalue weighted by Gasteiger charge is 2.27. The number of hydrogen-bond acceptors (Lipinski definition) is 5. The van der Waals surface area contributed by atoms with Crippen molar-refractivity contribution >= 4 is 30.7 Å². The van der Waals surface area contributed by atoms with Gasteiger partial charge in [0.05, 0.1) is 19.8 Å². The summed E-state index contributed by atoms with van der Waals surface area (Å²) in [4.78, 5) is 14.8. The summed E-state index contributed by atoms with van der Waals surface area (Å²) in [6.45, 7) is 4.71. The van der Waals surface area contributed by atoms with Crippen molar-refractivity contribution in [2.24, 2.45) is 0 Å². The number of ether oxygens (including phenoxy) is 2. The van der Waals surface area contributed by atoms with Crippen molar-refractivity contribution in [3.63, 3.8) is 0 Å². The molecule has 2 aliphatic rings. The van der Waals surface area contributed by atoms with E-state index in [0.29, 0.717) is 19.7 Å². The van der Waals surface area contributed by atoms with E-state index in [9.17, 15) is 4.79 Å². The first kappa shape index (κ1) is 23.0. The van der Waals surface area contributed by atoms with Gasteiger partial charge in [-0.1, -0.05) is 12.1 Å². The highest BCUT2D eigenvalue weighted by Crippen LogP contribution is 2.27. The molecule has 2 unspecified atom stereocenters. The van der Waals surface area contributed by atoms with Gasteiger partial charge in [0.2, 0.25) is 0 Å². The molecule has 0 radical (unpaired) electrons. The van der Waals surface area contributed by atoms with E-state index in [4.69, 9.17) is 9.47 Å². The molecule has 1 amide bonds. The summed E-state index contributed by atoms with van der Waals surface area (Å²) < 4.78 is 10.9. The van der Waals surface area contributed by atoms with E-state index in [1.54, 1.807) is 7.11 Å². The number of hydrogen-bond donors (Lipinski definition) is 2. The highest BCUT2D eigenvalue weighted by molar-refractivity contribution is 5.85. The van der Waals surface area contributed by atoms with E-state index in [1.807, 2.05) is 12.1 Å². The first-order chi connectivity index (χ1) is 11.8. The first-order valence-corrected chi connectivity index (χ1v) is 8.76. The molecule has 1 aromatic rings. The zero-order chi connectivity index (χ0) is 16.8. The van der Waals surface area contributed by atoms with Gasteiger partial charge in [-0.3, -0.25) is 9.69 Å². The third kappa shape index (κ3) is 5.99. The Kier molecular flexibility index (Phi) is 10.3. The molecule has 2 N–H and O–H groups in total. The summed E-state index contributed by atoms with van der Waals surface area (Å²) in [6.07, 6.45) is 2.04. The molecule has 2 fully saturated rings.